The lowest BCUT2D eigenvalue weighted by Gasteiger charge is -2.46. The first-order chi connectivity index (χ1) is 62.2. The molecule has 10 aliphatic rings. The van der Waals surface area contributed by atoms with Gasteiger partial charge in [-0.15, -0.1) is 0 Å². The van der Waals surface area contributed by atoms with Crippen LogP contribution in [0.1, 0.15) is 180 Å². The summed E-state index contributed by atoms with van der Waals surface area (Å²) in [5.74, 6) is 8.42. The molecule has 0 saturated heterocycles. The third-order valence-corrected chi connectivity index (χ3v) is 28.2. The monoisotopic (exact) mass is 1770 g/mol. The molecule has 10 aromatic carbocycles. The number of phenolic OH excluding ortho intramolecular Hbond substituents is 10. The number of hydrogen-bond donors (Lipinski definition) is 10. The second-order valence-electron chi connectivity index (χ2n) is 34.3. The first-order valence-corrected chi connectivity index (χ1v) is 43.6. The van der Waals surface area contributed by atoms with Gasteiger partial charge in [0.1, 0.15) is 0 Å². The van der Waals surface area contributed by atoms with E-state index < -0.39 is 0 Å². The minimum atomic E-state index is -0.0704. The number of methoxy groups -OCH3 is 13. The molecule has 10 heterocycles. The van der Waals surface area contributed by atoms with E-state index in [1.165, 1.54) is 22.3 Å². The average molecular weight is 1770 g/mol. The van der Waals surface area contributed by atoms with Crippen molar-refractivity contribution in [2.45, 2.75) is 146 Å². The Morgan fingerprint density at radius 2 is 0.481 bits per heavy atom. The van der Waals surface area contributed by atoms with Crippen molar-refractivity contribution in [3.8, 4) is 132 Å². The van der Waals surface area contributed by atoms with Crippen molar-refractivity contribution < 1.29 is 113 Å². The molecule has 0 saturated carbocycles. The van der Waals surface area contributed by atoms with E-state index >= 15 is 0 Å². The molecular formula is C101H117N5O23. The van der Waals surface area contributed by atoms with Gasteiger partial charge in [0.15, 0.2) is 115 Å². The fourth-order valence-electron chi connectivity index (χ4n) is 21.8. The van der Waals surface area contributed by atoms with E-state index in [1.807, 2.05) is 18.2 Å². The molecule has 0 radical (unpaired) electrons. The molecule has 20 rings (SSSR count). The van der Waals surface area contributed by atoms with Crippen molar-refractivity contribution in [2.24, 2.45) is 0 Å². The topological polar surface area (TPSA) is 338 Å². The van der Waals surface area contributed by atoms with E-state index in [1.54, 1.807) is 153 Å². The van der Waals surface area contributed by atoms with E-state index in [4.69, 9.17) is 61.6 Å². The standard InChI is InChI=1S/2C21H25NO5.C20H23NO5.C20H23NO4.C19H21NO4/c2*1-11-19-13(9-18(25-2)20(26-3)21(19)27-4)7-15-14-10-17(24)16(23)8-12(14)5-6-22(11)15;1-24-18-8-12-6-15-13-9-17(23)16(22)7-11(13)4-5-21(15)10-14(12)19(25-2)20(18)26-3;1-11-14-10-20(25-3)19(24-2)8-13(14)6-16-15-9-18(23)17(22)7-12(15)4-5-21(11)16;1-23-18-7-12-5-15-14-9-17(22)16(21)6-11(14)3-4-20(15)10-13(12)8-19(18)24-2/h2*8-11,15,23-24H,5-7H2,1-4H3;7-9,15,22-23H,4-6,10H2,1-3H3;7-11,16,22-23H,4-6H2,1-3H3;6-9,15,21-22H,3-5,10H2,1-2H3/t11-,15-;;;11-,16-;/m1..0./s1. The predicted molar refractivity (Wildman–Crippen MR) is 483 cm³/mol. The number of benzene rings is 10. The molecule has 28 nitrogen and oxygen atoms in total. The van der Waals surface area contributed by atoms with Crippen LogP contribution in [-0.4, -0.2) is 201 Å². The van der Waals surface area contributed by atoms with Crippen LogP contribution in [0.5, 0.6) is 132 Å². The van der Waals surface area contributed by atoms with Gasteiger partial charge < -0.3 is 113 Å². The minimum absolute atomic E-state index is 0.0372. The summed E-state index contributed by atoms with van der Waals surface area (Å²) in [6, 6.07) is 32.7. The maximum absolute atomic E-state index is 10.0. The molecular weight excluding hydrogens is 1650 g/mol. The molecule has 0 fully saturated rings. The van der Waals surface area contributed by atoms with Gasteiger partial charge in [0, 0.05) is 111 Å². The van der Waals surface area contributed by atoms with Gasteiger partial charge in [-0.3, -0.25) is 24.5 Å². The molecule has 10 aromatic rings. The zero-order valence-electron chi connectivity index (χ0n) is 76.0. The number of hydrogen-bond acceptors (Lipinski definition) is 28. The first kappa shape index (κ1) is 89.8. The molecule has 8 atom stereocenters. The van der Waals surface area contributed by atoms with Crippen molar-refractivity contribution in [3.05, 3.63) is 214 Å². The summed E-state index contributed by atoms with van der Waals surface area (Å²) in [6.07, 6.45) is 8.26. The summed E-state index contributed by atoms with van der Waals surface area (Å²) in [7, 11) is 21.3. The summed E-state index contributed by atoms with van der Waals surface area (Å²) >= 11 is 0. The van der Waals surface area contributed by atoms with Crippen molar-refractivity contribution >= 4 is 0 Å². The highest BCUT2D eigenvalue weighted by Gasteiger charge is 2.45. The van der Waals surface area contributed by atoms with Gasteiger partial charge in [0.2, 0.25) is 17.2 Å². The molecule has 0 bridgehead atoms. The Hall–Kier alpha value is -12.6. The second-order valence-corrected chi connectivity index (χ2v) is 34.3. The van der Waals surface area contributed by atoms with E-state index in [-0.39, 0.29) is 106 Å². The van der Waals surface area contributed by atoms with Crippen molar-refractivity contribution in [2.75, 3.05) is 125 Å². The lowest BCUT2D eigenvalue weighted by Crippen LogP contribution is -2.41. The van der Waals surface area contributed by atoms with E-state index in [2.05, 4.69) is 69.5 Å². The summed E-state index contributed by atoms with van der Waals surface area (Å²) < 4.78 is 72.1. The van der Waals surface area contributed by atoms with Crippen molar-refractivity contribution in [1.29, 1.82) is 0 Å². The van der Waals surface area contributed by atoms with Gasteiger partial charge in [0.05, 0.1) is 92.4 Å². The summed E-state index contributed by atoms with van der Waals surface area (Å²) in [4.78, 5) is 12.1. The average Bonchev–Trinajstić information content (AvgIpc) is 0.738. The molecule has 0 aliphatic carbocycles. The van der Waals surface area contributed by atoms with Gasteiger partial charge in [-0.2, -0.15) is 0 Å². The fraction of sp³-hybridized carbons (Fsp3) is 0.406. The molecule has 10 aliphatic heterocycles. The lowest BCUT2D eigenvalue weighted by atomic mass is 9.80. The number of ether oxygens (including phenoxy) is 13. The third kappa shape index (κ3) is 16.2. The quantitative estimate of drug-likeness (QED) is 0.0479. The number of phenols is 10. The van der Waals surface area contributed by atoms with Crippen molar-refractivity contribution in [1.82, 2.24) is 24.5 Å². The highest BCUT2D eigenvalue weighted by molar-refractivity contribution is 5.66. The van der Waals surface area contributed by atoms with Gasteiger partial charge in [-0.25, -0.2) is 0 Å². The highest BCUT2D eigenvalue weighted by Crippen LogP contribution is 2.58. The van der Waals surface area contributed by atoms with Gasteiger partial charge in [-0.1, -0.05) is 0 Å². The first-order valence-electron chi connectivity index (χ1n) is 43.6. The molecule has 129 heavy (non-hydrogen) atoms. The predicted octanol–water partition coefficient (Wildman–Crippen LogP) is 15.6. The molecule has 4 unspecified atom stereocenters. The largest absolute Gasteiger partial charge is 0.504 e. The lowest BCUT2D eigenvalue weighted by molar-refractivity contribution is 0.114. The Balaban J connectivity index is 0.000000118. The van der Waals surface area contributed by atoms with Gasteiger partial charge in [0.25, 0.3) is 0 Å². The smallest absolute Gasteiger partial charge is 0.203 e. The van der Waals surface area contributed by atoms with Gasteiger partial charge in [-0.05, 0) is 283 Å². The third-order valence-electron chi connectivity index (χ3n) is 28.2. The SMILES string of the molecule is COc1cc2c(c(OC)c1OC)C(C)N1CCc3cc(O)c(O)cc3C1C2.COc1cc2c(c(OC)c1OC)CN1CCc3cc(O)c(O)cc3C1C2.COc1cc2c(c(OC)c1OC)[C@@H](C)N1CCc3cc(O)c(O)cc3[C@H]1C2.COc1cc2c(cc1OC)CN1CCc3cc(O)c(O)cc3C1C2.COc1cc2c(cc1OC)[C@H](C)N1CCc3cc(O)c(O)cc3[C@@H]1C2. The number of aromatic hydroxyl groups is 10. The molecule has 0 amide bonds. The van der Waals surface area contributed by atoms with Crippen LogP contribution in [0.15, 0.2) is 103 Å². The summed E-state index contributed by atoms with van der Waals surface area (Å²) in [5.41, 5.74) is 22.8. The van der Waals surface area contributed by atoms with Crippen LogP contribution < -0.4 is 61.6 Å². The normalized spacial score (nSPS) is 20.3. The van der Waals surface area contributed by atoms with Gasteiger partial charge >= 0.3 is 0 Å². The molecule has 28 heteroatoms. The molecule has 0 aromatic heterocycles. The summed E-state index contributed by atoms with van der Waals surface area (Å²) in [6.45, 7) is 12.6. The van der Waals surface area contributed by atoms with Crippen LogP contribution in [0.2, 0.25) is 0 Å². The van der Waals surface area contributed by atoms with Crippen molar-refractivity contribution in [3.63, 3.8) is 0 Å². The molecule has 10 N–H and O–H groups in total. The van der Waals surface area contributed by atoms with Crippen LogP contribution in [0, 0.1) is 0 Å². The summed E-state index contributed by atoms with van der Waals surface area (Å²) in [5, 5.41) is 99.0. The zero-order chi connectivity index (χ0) is 91.6. The molecule has 0 spiro atoms. The maximum Gasteiger partial charge on any atom is 0.203 e. The number of fused-ring (bicyclic) bond motifs is 20. The highest BCUT2D eigenvalue weighted by atomic mass is 16.6. The Morgan fingerprint density at radius 1 is 0.217 bits per heavy atom. The zero-order valence-corrected chi connectivity index (χ0v) is 76.0. The number of rotatable bonds is 13. The maximum atomic E-state index is 10.0. The van der Waals surface area contributed by atoms with Crippen LogP contribution in [0.4, 0.5) is 0 Å². The van der Waals surface area contributed by atoms with Crippen LogP contribution >= 0.6 is 0 Å². The molecule has 684 valence electrons. The Bertz CT molecular complexity index is 5790. The van der Waals surface area contributed by atoms with Crippen LogP contribution in [-0.2, 0) is 77.3 Å². The fourth-order valence-corrected chi connectivity index (χ4v) is 21.8. The Morgan fingerprint density at radius 3 is 0.837 bits per heavy atom. The minimum Gasteiger partial charge on any atom is -0.504 e. The van der Waals surface area contributed by atoms with E-state index in [9.17, 15) is 51.1 Å². The second kappa shape index (κ2) is 36.9. The van der Waals surface area contributed by atoms with E-state index in [0.717, 1.165) is 239 Å². The van der Waals surface area contributed by atoms with E-state index in [0.29, 0.717) is 34.5 Å². The van der Waals surface area contributed by atoms with Crippen LogP contribution in [0.25, 0.3) is 0 Å². The number of nitrogens with zero attached hydrogens (tertiary/aromatic N) is 5. The Labute approximate surface area is 751 Å². The Kier molecular flexibility index (Phi) is 25.7. The van der Waals surface area contributed by atoms with Crippen LogP contribution in [0.3, 0.4) is 0 Å².